The number of H-pyrrole nitrogens is 1. The van der Waals surface area contributed by atoms with Crippen LogP contribution in [0.1, 0.15) is 111 Å². The van der Waals surface area contributed by atoms with Crippen molar-refractivity contribution < 1.29 is 32.0 Å². The fourth-order valence-corrected chi connectivity index (χ4v) is 11.4. The minimum absolute atomic E-state index is 0.0458. The number of carbonyl (C=O) groups is 1. The number of nitrogens with one attached hydrogen (secondary N) is 3. The highest BCUT2D eigenvalue weighted by molar-refractivity contribution is 7.90. The number of anilines is 2. The van der Waals surface area contributed by atoms with E-state index in [1.54, 1.807) is 12.1 Å². The van der Waals surface area contributed by atoms with E-state index in [0.717, 1.165) is 63.3 Å². The van der Waals surface area contributed by atoms with Crippen molar-refractivity contribution in [3.05, 3.63) is 105 Å². The molecule has 4 aliphatic rings. The molecule has 65 heavy (non-hydrogen) atoms. The number of hydrogen-bond acceptors (Lipinski definition) is 12. The van der Waals surface area contributed by atoms with Gasteiger partial charge in [-0.1, -0.05) is 45.0 Å². The first-order valence-corrected chi connectivity index (χ1v) is 24.4. The molecule has 1 aliphatic carbocycles. The lowest BCUT2D eigenvalue weighted by Crippen LogP contribution is -2.54. The number of aromatic nitrogens is 3. The molecule has 0 unspecified atom stereocenters. The Morgan fingerprint density at radius 2 is 1.83 bits per heavy atom. The SMILES string of the molecule is CCc1nc2[nH]cc(F)c2cc1Oc1cc(N2CCC3(CC2)CC(N2CCC[C@H]2c2ccccc2C(C)C)C3)ccc1C(=O)NS(=O)(=O)c1cnc(NCC2CCOCC2)c([N+](=O)[O-])c1. The van der Waals surface area contributed by atoms with Crippen molar-refractivity contribution in [3.63, 3.8) is 0 Å². The largest absolute Gasteiger partial charge is 0.455 e. The number of aryl methyl sites for hydroxylation is 1. The summed E-state index contributed by atoms with van der Waals surface area (Å²) in [5.74, 6) is -0.658. The Hall–Kier alpha value is -5.65. The van der Waals surface area contributed by atoms with Crippen molar-refractivity contribution in [2.75, 3.05) is 49.6 Å². The van der Waals surface area contributed by atoms with Crippen LogP contribution in [-0.4, -0.2) is 84.5 Å². The zero-order chi connectivity index (χ0) is 45.5. The van der Waals surface area contributed by atoms with Crippen molar-refractivity contribution in [2.24, 2.45) is 11.3 Å². The zero-order valence-corrected chi connectivity index (χ0v) is 38.0. The molecule has 1 spiro atoms. The third-order valence-electron chi connectivity index (χ3n) is 14.2. The third kappa shape index (κ3) is 9.14. The first-order valence-electron chi connectivity index (χ1n) is 22.9. The van der Waals surface area contributed by atoms with E-state index in [0.29, 0.717) is 55.5 Å². The molecule has 3 saturated heterocycles. The second-order valence-corrected chi connectivity index (χ2v) is 20.2. The average molecular weight is 909 g/mol. The van der Waals surface area contributed by atoms with Gasteiger partial charge >= 0.3 is 5.69 Å². The van der Waals surface area contributed by atoms with Crippen LogP contribution in [0.2, 0.25) is 0 Å². The van der Waals surface area contributed by atoms with Crippen LogP contribution in [0.3, 0.4) is 0 Å². The van der Waals surface area contributed by atoms with Gasteiger partial charge in [0, 0.05) is 68.9 Å². The molecule has 4 fully saturated rings. The Labute approximate surface area is 378 Å². The van der Waals surface area contributed by atoms with E-state index in [1.807, 2.05) is 6.92 Å². The van der Waals surface area contributed by atoms with Gasteiger partial charge in [-0.2, -0.15) is 0 Å². The Balaban J connectivity index is 0.935. The predicted molar refractivity (Wildman–Crippen MR) is 246 cm³/mol. The number of aromatic amines is 1. The molecular formula is C48H57FN8O7S. The predicted octanol–water partition coefficient (Wildman–Crippen LogP) is 9.03. The van der Waals surface area contributed by atoms with Crippen LogP contribution in [0.25, 0.3) is 11.0 Å². The van der Waals surface area contributed by atoms with Gasteiger partial charge in [0.05, 0.1) is 27.8 Å². The van der Waals surface area contributed by atoms with Crippen LogP contribution in [-0.2, 0) is 21.2 Å². The zero-order valence-electron chi connectivity index (χ0n) is 37.1. The van der Waals surface area contributed by atoms with Crippen LogP contribution in [0.4, 0.5) is 21.6 Å². The van der Waals surface area contributed by atoms with Gasteiger partial charge in [-0.3, -0.25) is 19.8 Å². The first-order chi connectivity index (χ1) is 31.3. The van der Waals surface area contributed by atoms with Crippen LogP contribution < -0.4 is 19.7 Å². The number of pyridine rings is 2. The Morgan fingerprint density at radius 3 is 2.57 bits per heavy atom. The van der Waals surface area contributed by atoms with Crippen LogP contribution in [0.5, 0.6) is 11.5 Å². The van der Waals surface area contributed by atoms with Crippen molar-refractivity contribution in [1.29, 1.82) is 0 Å². The van der Waals surface area contributed by atoms with E-state index in [-0.39, 0.29) is 39.6 Å². The highest BCUT2D eigenvalue weighted by Crippen LogP contribution is 2.54. The molecule has 344 valence electrons. The van der Waals surface area contributed by atoms with Gasteiger partial charge in [0.15, 0.2) is 0 Å². The summed E-state index contributed by atoms with van der Waals surface area (Å²) < 4.78 is 56.2. The summed E-state index contributed by atoms with van der Waals surface area (Å²) in [6.45, 7) is 10.7. The molecule has 0 radical (unpaired) electrons. The maximum atomic E-state index is 14.8. The molecule has 9 rings (SSSR count). The number of fused-ring (bicyclic) bond motifs is 1. The Morgan fingerprint density at radius 1 is 1.06 bits per heavy atom. The van der Waals surface area contributed by atoms with E-state index in [1.165, 1.54) is 55.1 Å². The van der Waals surface area contributed by atoms with Gasteiger partial charge in [-0.25, -0.2) is 27.5 Å². The Kier molecular flexibility index (Phi) is 12.6. The van der Waals surface area contributed by atoms with Gasteiger partial charge in [-0.05, 0) is 111 Å². The number of halogens is 1. The average Bonchev–Trinajstić information content (AvgIpc) is 3.93. The molecule has 1 atom stereocenters. The van der Waals surface area contributed by atoms with Gasteiger partial charge in [-0.15, -0.1) is 0 Å². The van der Waals surface area contributed by atoms with Crippen molar-refractivity contribution >= 4 is 44.2 Å². The summed E-state index contributed by atoms with van der Waals surface area (Å²) >= 11 is 0. The second kappa shape index (κ2) is 18.3. The maximum Gasteiger partial charge on any atom is 0.312 e. The van der Waals surface area contributed by atoms with Crippen LogP contribution in [0.15, 0.2) is 71.9 Å². The van der Waals surface area contributed by atoms with Crippen molar-refractivity contribution in [1.82, 2.24) is 24.6 Å². The van der Waals surface area contributed by atoms with E-state index in [2.05, 4.69) is 72.9 Å². The number of piperidine rings is 1. The summed E-state index contributed by atoms with van der Waals surface area (Å²) in [5, 5.41) is 15.3. The number of hydrogen-bond donors (Lipinski definition) is 3. The van der Waals surface area contributed by atoms with Crippen molar-refractivity contribution in [2.45, 2.75) is 101 Å². The van der Waals surface area contributed by atoms with Gasteiger partial charge in [0.2, 0.25) is 5.82 Å². The molecule has 3 aromatic heterocycles. The number of benzene rings is 2. The number of amides is 1. The normalized spacial score (nSPS) is 19.5. The minimum Gasteiger partial charge on any atom is -0.455 e. The monoisotopic (exact) mass is 908 g/mol. The first kappa shape index (κ1) is 44.5. The molecule has 1 amide bonds. The molecule has 3 N–H and O–H groups in total. The Bertz CT molecular complexity index is 2690. The number of sulfonamides is 1. The fourth-order valence-electron chi connectivity index (χ4n) is 10.5. The molecule has 2 aromatic carbocycles. The molecule has 1 saturated carbocycles. The number of nitrogens with zero attached hydrogens (tertiary/aromatic N) is 5. The summed E-state index contributed by atoms with van der Waals surface area (Å²) in [7, 11) is -4.67. The molecule has 5 aromatic rings. The summed E-state index contributed by atoms with van der Waals surface area (Å²) in [4.78, 5) is 41.4. The number of likely N-dealkylation sites (tertiary alicyclic amines) is 1. The molecule has 15 nitrogen and oxygen atoms in total. The van der Waals surface area contributed by atoms with Crippen LogP contribution in [0, 0.1) is 27.3 Å². The van der Waals surface area contributed by atoms with E-state index in [4.69, 9.17) is 9.47 Å². The number of rotatable bonds is 14. The lowest BCUT2D eigenvalue weighted by atomic mass is 9.59. The highest BCUT2D eigenvalue weighted by Gasteiger charge is 2.50. The minimum atomic E-state index is -4.67. The number of carbonyl (C=O) groups excluding carboxylic acids is 1. The maximum absolute atomic E-state index is 14.8. The molecule has 6 heterocycles. The molecule has 17 heteroatoms. The summed E-state index contributed by atoms with van der Waals surface area (Å²) in [5.41, 5.74) is 4.18. The molecule has 3 aliphatic heterocycles. The number of ether oxygens (including phenoxy) is 2. The van der Waals surface area contributed by atoms with Gasteiger partial charge in [0.1, 0.15) is 27.9 Å². The van der Waals surface area contributed by atoms with Crippen molar-refractivity contribution in [3.8, 4) is 11.5 Å². The molecular weight excluding hydrogens is 852 g/mol. The quantitative estimate of drug-likeness (QED) is 0.0711. The highest BCUT2D eigenvalue weighted by atomic mass is 32.2. The van der Waals surface area contributed by atoms with Gasteiger partial charge in [0.25, 0.3) is 15.9 Å². The summed E-state index contributed by atoms with van der Waals surface area (Å²) in [6, 6.07) is 17.4. The smallest absolute Gasteiger partial charge is 0.312 e. The van der Waals surface area contributed by atoms with E-state index in [9.17, 15) is 27.7 Å². The van der Waals surface area contributed by atoms with Crippen LogP contribution >= 0.6 is 0 Å². The fraction of sp³-hybridized carbons (Fsp3) is 0.479. The topological polar surface area (TPSA) is 185 Å². The molecule has 0 bridgehead atoms. The van der Waals surface area contributed by atoms with Gasteiger partial charge < -0.3 is 24.7 Å². The lowest BCUT2D eigenvalue weighted by Gasteiger charge is -2.56. The number of nitro groups is 1. The lowest BCUT2D eigenvalue weighted by molar-refractivity contribution is -0.384. The third-order valence-corrected chi connectivity index (χ3v) is 15.5. The van der Waals surface area contributed by atoms with E-state index >= 15 is 0 Å². The second-order valence-electron chi connectivity index (χ2n) is 18.5. The van der Waals surface area contributed by atoms with E-state index < -0.39 is 37.3 Å². The summed E-state index contributed by atoms with van der Waals surface area (Å²) in [6.07, 6.45) is 11.0. The standard InChI is InChI=1S/C48H57FN8O7S/c1-4-40-44(24-38-39(49)29-52-45(38)53-40)64-43-22-32(55-18-15-48(16-19-55)25-33(26-48)56-17-7-10-41(56)36-9-6-5-8-35(36)30(2)3)11-12-37(43)47(58)54-65(61,62)34-23-42(57(59)60)46(51-28-34)50-27-31-13-20-63-21-14-31/h5-6,8-9,11-12,22-24,28-31,33,41H,4,7,10,13-21,25-27H2,1-3H3,(H,50,51)(H,52,53)(H,54,58)/t41-/m0/s1.